The minimum Gasteiger partial charge on any atom is -0.0882 e. The van der Waals surface area contributed by atoms with Crippen molar-refractivity contribution in [3.8, 4) is 0 Å². The molecule has 1 atom stereocenters. The van der Waals surface area contributed by atoms with Crippen LogP contribution in [-0.2, 0) is 0 Å². The lowest BCUT2D eigenvalue weighted by Gasteiger charge is -2.08. The van der Waals surface area contributed by atoms with Crippen molar-refractivity contribution in [3.05, 3.63) is 12.2 Å². The molecule has 1 rings (SSSR count). The van der Waals surface area contributed by atoms with Gasteiger partial charge in [0, 0.05) is 0 Å². The van der Waals surface area contributed by atoms with E-state index >= 15 is 0 Å². The fraction of sp³-hybridized carbons (Fsp3) is 0.778. The fourth-order valence-corrected chi connectivity index (χ4v) is 1.50. The molecule has 0 amide bonds. The summed E-state index contributed by atoms with van der Waals surface area (Å²) in [6.45, 7) is 4.60. The lowest BCUT2D eigenvalue weighted by Crippen LogP contribution is -1.97. The van der Waals surface area contributed by atoms with Crippen molar-refractivity contribution < 1.29 is 0 Å². The SMILES string of the molecule is CC(C)C[C@H]1C=CCC1. The number of allylic oxidation sites excluding steroid dienone is 2. The molecular formula is C9H16. The normalized spacial score (nSPS) is 25.9. The Morgan fingerprint density at radius 1 is 1.56 bits per heavy atom. The lowest BCUT2D eigenvalue weighted by molar-refractivity contribution is 0.470. The molecule has 0 N–H and O–H groups in total. The molecule has 0 bridgehead atoms. The van der Waals surface area contributed by atoms with Gasteiger partial charge in [-0.05, 0) is 31.1 Å². The van der Waals surface area contributed by atoms with Crippen LogP contribution in [0.3, 0.4) is 0 Å². The zero-order valence-electron chi connectivity index (χ0n) is 6.43. The van der Waals surface area contributed by atoms with Gasteiger partial charge in [0.15, 0.2) is 0 Å². The molecule has 0 saturated heterocycles. The molecule has 1 aliphatic rings. The maximum absolute atomic E-state index is 2.38. The van der Waals surface area contributed by atoms with E-state index in [1.165, 1.54) is 19.3 Å². The minimum atomic E-state index is 0.873. The molecule has 0 aromatic rings. The first-order valence-corrected chi connectivity index (χ1v) is 3.95. The highest BCUT2D eigenvalue weighted by molar-refractivity contribution is 4.96. The van der Waals surface area contributed by atoms with Gasteiger partial charge < -0.3 is 0 Å². The molecule has 0 unspecified atom stereocenters. The summed E-state index contributed by atoms with van der Waals surface area (Å²) in [7, 11) is 0. The predicted molar refractivity (Wildman–Crippen MR) is 41.3 cm³/mol. The van der Waals surface area contributed by atoms with Crippen LogP contribution in [0.1, 0.15) is 33.1 Å². The fourth-order valence-electron chi connectivity index (χ4n) is 1.50. The van der Waals surface area contributed by atoms with Crippen LogP contribution >= 0.6 is 0 Å². The molecule has 0 radical (unpaired) electrons. The van der Waals surface area contributed by atoms with Crippen molar-refractivity contribution in [2.24, 2.45) is 11.8 Å². The van der Waals surface area contributed by atoms with Crippen molar-refractivity contribution in [2.75, 3.05) is 0 Å². The molecule has 0 nitrogen and oxygen atoms in total. The summed E-state index contributed by atoms with van der Waals surface area (Å²) < 4.78 is 0. The van der Waals surface area contributed by atoms with Crippen molar-refractivity contribution >= 4 is 0 Å². The topological polar surface area (TPSA) is 0 Å². The van der Waals surface area contributed by atoms with Gasteiger partial charge in [-0.25, -0.2) is 0 Å². The monoisotopic (exact) mass is 124 g/mol. The number of hydrogen-bond acceptors (Lipinski definition) is 0. The summed E-state index contributed by atoms with van der Waals surface area (Å²) in [6.07, 6.45) is 8.79. The highest BCUT2D eigenvalue weighted by Gasteiger charge is 2.09. The molecule has 0 aliphatic heterocycles. The average molecular weight is 124 g/mol. The third-order valence-electron chi connectivity index (χ3n) is 1.89. The van der Waals surface area contributed by atoms with Gasteiger partial charge in [-0.3, -0.25) is 0 Å². The van der Waals surface area contributed by atoms with E-state index in [1.807, 2.05) is 0 Å². The first-order valence-electron chi connectivity index (χ1n) is 3.95. The molecule has 9 heavy (non-hydrogen) atoms. The standard InChI is InChI=1S/C9H16/c1-8(2)7-9-5-3-4-6-9/h3,5,8-9H,4,6-7H2,1-2H3/t9-/m0/s1. The van der Waals surface area contributed by atoms with Gasteiger partial charge in [-0.15, -0.1) is 0 Å². The van der Waals surface area contributed by atoms with E-state index < -0.39 is 0 Å². The van der Waals surface area contributed by atoms with Gasteiger partial charge in [-0.2, -0.15) is 0 Å². The first kappa shape index (κ1) is 6.85. The first-order chi connectivity index (χ1) is 4.29. The average Bonchev–Trinajstić information content (AvgIpc) is 2.15. The van der Waals surface area contributed by atoms with E-state index in [-0.39, 0.29) is 0 Å². The Hall–Kier alpha value is -0.260. The molecule has 0 aromatic carbocycles. The molecular weight excluding hydrogens is 108 g/mol. The van der Waals surface area contributed by atoms with Gasteiger partial charge in [0.1, 0.15) is 0 Å². The zero-order valence-corrected chi connectivity index (χ0v) is 6.43. The van der Waals surface area contributed by atoms with E-state index in [4.69, 9.17) is 0 Å². The van der Waals surface area contributed by atoms with Crippen LogP contribution in [0.2, 0.25) is 0 Å². The van der Waals surface area contributed by atoms with Crippen LogP contribution in [0.15, 0.2) is 12.2 Å². The Labute approximate surface area is 58.0 Å². The van der Waals surface area contributed by atoms with Gasteiger partial charge in [0.2, 0.25) is 0 Å². The van der Waals surface area contributed by atoms with Crippen molar-refractivity contribution in [1.82, 2.24) is 0 Å². The van der Waals surface area contributed by atoms with Crippen LogP contribution in [-0.4, -0.2) is 0 Å². The molecule has 0 aromatic heterocycles. The van der Waals surface area contributed by atoms with Gasteiger partial charge in [0.25, 0.3) is 0 Å². The maximum Gasteiger partial charge on any atom is -0.0228 e. The molecule has 52 valence electrons. The van der Waals surface area contributed by atoms with E-state index in [2.05, 4.69) is 26.0 Å². The summed E-state index contributed by atoms with van der Waals surface area (Å²) in [5.74, 6) is 1.78. The van der Waals surface area contributed by atoms with Crippen molar-refractivity contribution in [2.45, 2.75) is 33.1 Å². The second-order valence-electron chi connectivity index (χ2n) is 3.40. The zero-order chi connectivity index (χ0) is 6.69. The van der Waals surface area contributed by atoms with E-state index in [1.54, 1.807) is 0 Å². The highest BCUT2D eigenvalue weighted by atomic mass is 14.1. The minimum absolute atomic E-state index is 0.873. The Bertz CT molecular complexity index is 101. The Morgan fingerprint density at radius 3 is 2.78 bits per heavy atom. The van der Waals surface area contributed by atoms with Crippen molar-refractivity contribution in [1.29, 1.82) is 0 Å². The maximum atomic E-state index is 2.38. The van der Waals surface area contributed by atoms with Crippen molar-refractivity contribution in [3.63, 3.8) is 0 Å². The van der Waals surface area contributed by atoms with Crippen LogP contribution in [0.25, 0.3) is 0 Å². The quantitative estimate of drug-likeness (QED) is 0.496. The number of rotatable bonds is 2. The third-order valence-corrected chi connectivity index (χ3v) is 1.89. The molecule has 0 saturated carbocycles. The Kier molecular flexibility index (Phi) is 2.32. The molecule has 0 heterocycles. The van der Waals surface area contributed by atoms with E-state index in [0.717, 1.165) is 11.8 Å². The van der Waals surface area contributed by atoms with Crippen LogP contribution in [0, 0.1) is 11.8 Å². The van der Waals surface area contributed by atoms with Crippen LogP contribution in [0.4, 0.5) is 0 Å². The largest absolute Gasteiger partial charge is 0.0882 e. The Balaban J connectivity index is 2.20. The van der Waals surface area contributed by atoms with E-state index in [0.29, 0.717) is 0 Å². The summed E-state index contributed by atoms with van der Waals surface area (Å²) in [5.41, 5.74) is 0. The summed E-state index contributed by atoms with van der Waals surface area (Å²) in [5, 5.41) is 0. The summed E-state index contributed by atoms with van der Waals surface area (Å²) in [6, 6.07) is 0. The van der Waals surface area contributed by atoms with Crippen LogP contribution < -0.4 is 0 Å². The van der Waals surface area contributed by atoms with Gasteiger partial charge in [0.05, 0.1) is 0 Å². The Morgan fingerprint density at radius 2 is 2.33 bits per heavy atom. The highest BCUT2D eigenvalue weighted by Crippen LogP contribution is 2.23. The second kappa shape index (κ2) is 3.05. The third kappa shape index (κ3) is 2.21. The second-order valence-corrected chi connectivity index (χ2v) is 3.40. The van der Waals surface area contributed by atoms with E-state index in [9.17, 15) is 0 Å². The van der Waals surface area contributed by atoms with Crippen LogP contribution in [0.5, 0.6) is 0 Å². The summed E-state index contributed by atoms with van der Waals surface area (Å²) in [4.78, 5) is 0. The molecule has 0 heteroatoms. The van der Waals surface area contributed by atoms with Gasteiger partial charge in [-0.1, -0.05) is 26.0 Å². The molecule has 0 fully saturated rings. The van der Waals surface area contributed by atoms with Gasteiger partial charge >= 0.3 is 0 Å². The lowest BCUT2D eigenvalue weighted by atomic mass is 9.97. The number of hydrogen-bond donors (Lipinski definition) is 0. The predicted octanol–water partition coefficient (Wildman–Crippen LogP) is 3.00. The summed E-state index contributed by atoms with van der Waals surface area (Å²) >= 11 is 0. The molecule has 1 aliphatic carbocycles. The smallest absolute Gasteiger partial charge is 0.0228 e. The molecule has 0 spiro atoms.